The minimum Gasteiger partial charge on any atom is -0.298 e. The standard InChI is InChI=1S/C10H10Cl2OS/c1-14-6-9(13)5-7-4-8(11)2-3-10(7)12/h2-4H,5-6H2,1H3. The Labute approximate surface area is 97.8 Å². The van der Waals surface area contributed by atoms with Crippen molar-refractivity contribution in [2.45, 2.75) is 6.42 Å². The predicted molar refractivity (Wildman–Crippen MR) is 63.6 cm³/mol. The van der Waals surface area contributed by atoms with Gasteiger partial charge in [0.1, 0.15) is 5.78 Å². The van der Waals surface area contributed by atoms with Crippen molar-refractivity contribution < 1.29 is 4.79 Å². The van der Waals surface area contributed by atoms with Crippen LogP contribution < -0.4 is 0 Å². The van der Waals surface area contributed by atoms with Crippen LogP contribution in [0.2, 0.25) is 10.0 Å². The van der Waals surface area contributed by atoms with Gasteiger partial charge >= 0.3 is 0 Å². The molecule has 1 aromatic rings. The molecule has 0 heterocycles. The molecule has 0 bridgehead atoms. The molecule has 0 unspecified atom stereocenters. The first-order chi connectivity index (χ1) is 6.63. The van der Waals surface area contributed by atoms with Crippen LogP contribution in [-0.4, -0.2) is 17.8 Å². The number of carbonyl (C=O) groups is 1. The Kier molecular flexibility index (Phi) is 4.79. The molecule has 0 saturated carbocycles. The van der Waals surface area contributed by atoms with E-state index in [1.807, 2.05) is 6.26 Å². The van der Waals surface area contributed by atoms with Gasteiger partial charge in [-0.1, -0.05) is 23.2 Å². The third-order valence-electron chi connectivity index (χ3n) is 1.70. The first-order valence-electron chi connectivity index (χ1n) is 4.08. The lowest BCUT2D eigenvalue weighted by Gasteiger charge is -2.03. The van der Waals surface area contributed by atoms with Crippen molar-refractivity contribution in [3.05, 3.63) is 33.8 Å². The highest BCUT2D eigenvalue weighted by Crippen LogP contribution is 2.21. The van der Waals surface area contributed by atoms with Gasteiger partial charge in [-0.2, -0.15) is 11.8 Å². The van der Waals surface area contributed by atoms with Crippen LogP contribution in [0.5, 0.6) is 0 Å². The highest BCUT2D eigenvalue weighted by Gasteiger charge is 2.06. The topological polar surface area (TPSA) is 17.1 Å². The van der Waals surface area contributed by atoms with Gasteiger partial charge in [0.2, 0.25) is 0 Å². The van der Waals surface area contributed by atoms with E-state index in [1.54, 1.807) is 18.2 Å². The molecule has 14 heavy (non-hydrogen) atoms. The minimum absolute atomic E-state index is 0.168. The number of halogens is 2. The van der Waals surface area contributed by atoms with Crippen LogP contribution in [-0.2, 0) is 11.2 Å². The van der Waals surface area contributed by atoms with Crippen LogP contribution in [0.15, 0.2) is 18.2 Å². The summed E-state index contributed by atoms with van der Waals surface area (Å²) in [7, 11) is 0. The Morgan fingerprint density at radius 1 is 1.43 bits per heavy atom. The number of benzene rings is 1. The Bertz CT molecular complexity index is 339. The predicted octanol–water partition coefficient (Wildman–Crippen LogP) is 3.47. The van der Waals surface area contributed by atoms with Crippen molar-refractivity contribution in [2.24, 2.45) is 0 Å². The number of Topliss-reactive ketones (excluding diaryl/α,β-unsaturated/α-hetero) is 1. The lowest BCUT2D eigenvalue weighted by atomic mass is 10.1. The molecule has 1 nitrogen and oxygen atoms in total. The summed E-state index contributed by atoms with van der Waals surface area (Å²) in [5.74, 6) is 0.685. The highest BCUT2D eigenvalue weighted by atomic mass is 35.5. The quantitative estimate of drug-likeness (QED) is 0.812. The van der Waals surface area contributed by atoms with Gasteiger partial charge in [0, 0.05) is 16.5 Å². The molecule has 0 fully saturated rings. The second-order valence-corrected chi connectivity index (χ2v) is 4.59. The van der Waals surface area contributed by atoms with E-state index in [0.29, 0.717) is 22.2 Å². The third kappa shape index (κ3) is 3.52. The van der Waals surface area contributed by atoms with E-state index in [1.165, 1.54) is 11.8 Å². The number of hydrogen-bond donors (Lipinski definition) is 0. The first kappa shape index (κ1) is 11.9. The SMILES string of the molecule is CSCC(=O)Cc1cc(Cl)ccc1Cl. The Morgan fingerprint density at radius 2 is 2.14 bits per heavy atom. The lowest BCUT2D eigenvalue weighted by molar-refractivity contribution is -0.115. The highest BCUT2D eigenvalue weighted by molar-refractivity contribution is 7.99. The zero-order valence-electron chi connectivity index (χ0n) is 7.72. The molecule has 76 valence electrons. The summed E-state index contributed by atoms with van der Waals surface area (Å²) in [6.45, 7) is 0. The van der Waals surface area contributed by atoms with Crippen molar-refractivity contribution in [1.29, 1.82) is 0 Å². The summed E-state index contributed by atoms with van der Waals surface area (Å²) in [5, 5.41) is 1.21. The fourth-order valence-corrected chi connectivity index (χ4v) is 1.91. The van der Waals surface area contributed by atoms with E-state index in [4.69, 9.17) is 23.2 Å². The molecule has 0 saturated heterocycles. The van der Waals surface area contributed by atoms with Crippen molar-refractivity contribution in [3.63, 3.8) is 0 Å². The molecule has 1 rings (SSSR count). The smallest absolute Gasteiger partial charge is 0.147 e. The minimum atomic E-state index is 0.168. The molecule has 4 heteroatoms. The van der Waals surface area contributed by atoms with Gasteiger partial charge in [0.25, 0.3) is 0 Å². The van der Waals surface area contributed by atoms with Gasteiger partial charge in [-0.05, 0) is 30.0 Å². The van der Waals surface area contributed by atoms with Gasteiger partial charge < -0.3 is 0 Å². The summed E-state index contributed by atoms with van der Waals surface area (Å²) in [5.41, 5.74) is 0.804. The van der Waals surface area contributed by atoms with Crippen molar-refractivity contribution in [1.82, 2.24) is 0 Å². The normalized spacial score (nSPS) is 10.2. The molecule has 0 aliphatic heterocycles. The average Bonchev–Trinajstić information content (AvgIpc) is 2.12. The molecule has 0 atom stereocenters. The molecular formula is C10H10Cl2OS. The Morgan fingerprint density at radius 3 is 2.79 bits per heavy atom. The van der Waals surface area contributed by atoms with Crippen molar-refractivity contribution >= 4 is 40.7 Å². The second kappa shape index (κ2) is 5.64. The Hall–Kier alpha value is -0.180. The number of ketones is 1. The number of hydrogen-bond acceptors (Lipinski definition) is 2. The summed E-state index contributed by atoms with van der Waals surface area (Å²) >= 11 is 13.2. The second-order valence-electron chi connectivity index (χ2n) is 2.88. The van der Waals surface area contributed by atoms with Gasteiger partial charge in [-0.15, -0.1) is 0 Å². The largest absolute Gasteiger partial charge is 0.298 e. The van der Waals surface area contributed by atoms with E-state index in [9.17, 15) is 4.79 Å². The molecule has 0 aliphatic carbocycles. The summed E-state index contributed by atoms with van der Waals surface area (Å²) in [4.78, 5) is 11.4. The Balaban J connectivity index is 2.75. The van der Waals surface area contributed by atoms with E-state index in [0.717, 1.165) is 5.56 Å². The fraction of sp³-hybridized carbons (Fsp3) is 0.300. The summed E-state index contributed by atoms with van der Waals surface area (Å²) in [6, 6.07) is 5.17. The third-order valence-corrected chi connectivity index (χ3v) is 2.92. The maximum absolute atomic E-state index is 11.4. The van der Waals surface area contributed by atoms with Crippen LogP contribution >= 0.6 is 35.0 Å². The zero-order chi connectivity index (χ0) is 10.6. The van der Waals surface area contributed by atoms with Gasteiger partial charge in [0.15, 0.2) is 0 Å². The molecule has 0 amide bonds. The van der Waals surface area contributed by atoms with Gasteiger partial charge in [0.05, 0.1) is 5.75 Å². The molecule has 0 aliphatic rings. The molecular weight excluding hydrogens is 239 g/mol. The fourth-order valence-electron chi connectivity index (χ4n) is 1.10. The lowest BCUT2D eigenvalue weighted by Crippen LogP contribution is -2.05. The summed E-state index contributed by atoms with van der Waals surface area (Å²) in [6.07, 6.45) is 2.26. The van der Waals surface area contributed by atoms with Crippen LogP contribution in [0.4, 0.5) is 0 Å². The summed E-state index contributed by atoms with van der Waals surface area (Å²) < 4.78 is 0. The molecule has 1 aromatic carbocycles. The van der Waals surface area contributed by atoms with Crippen molar-refractivity contribution in [3.8, 4) is 0 Å². The van der Waals surface area contributed by atoms with Crippen molar-refractivity contribution in [2.75, 3.05) is 12.0 Å². The maximum Gasteiger partial charge on any atom is 0.147 e. The first-order valence-corrected chi connectivity index (χ1v) is 6.23. The maximum atomic E-state index is 11.4. The van der Waals surface area contributed by atoms with Crippen LogP contribution in [0.1, 0.15) is 5.56 Å². The van der Waals surface area contributed by atoms with E-state index >= 15 is 0 Å². The van der Waals surface area contributed by atoms with Gasteiger partial charge in [-0.25, -0.2) is 0 Å². The molecule has 0 N–H and O–H groups in total. The average molecular weight is 249 g/mol. The molecule has 0 aromatic heterocycles. The number of carbonyl (C=O) groups excluding carboxylic acids is 1. The van der Waals surface area contributed by atoms with E-state index in [-0.39, 0.29) is 5.78 Å². The monoisotopic (exact) mass is 248 g/mol. The number of thioether (sulfide) groups is 1. The van der Waals surface area contributed by atoms with Crippen LogP contribution in [0.3, 0.4) is 0 Å². The van der Waals surface area contributed by atoms with E-state index < -0.39 is 0 Å². The number of rotatable bonds is 4. The molecule has 0 spiro atoms. The van der Waals surface area contributed by atoms with E-state index in [2.05, 4.69) is 0 Å². The van der Waals surface area contributed by atoms with Crippen LogP contribution in [0.25, 0.3) is 0 Å². The molecule has 0 radical (unpaired) electrons. The zero-order valence-corrected chi connectivity index (χ0v) is 10.0. The van der Waals surface area contributed by atoms with Gasteiger partial charge in [-0.3, -0.25) is 4.79 Å². The van der Waals surface area contributed by atoms with Crippen LogP contribution in [0, 0.1) is 0 Å².